The fourth-order valence-electron chi connectivity index (χ4n) is 3.30. The molecule has 2 heterocycles. The number of hydrogen-bond donors (Lipinski definition) is 2. The number of anilines is 1. The maximum atomic E-state index is 5.33. The van der Waals surface area contributed by atoms with Crippen molar-refractivity contribution < 1.29 is 4.74 Å². The molecular weight excluding hydrogens is 336 g/mol. The summed E-state index contributed by atoms with van der Waals surface area (Å²) in [6.07, 6.45) is 1.95. The largest absolute Gasteiger partial charge is 0.497 e. The molecule has 0 aliphatic carbocycles. The third-order valence-electron chi connectivity index (χ3n) is 4.67. The molecule has 136 valence electrons. The zero-order chi connectivity index (χ0) is 18.8. The Labute approximate surface area is 158 Å². The number of rotatable bonds is 5. The fourth-order valence-corrected chi connectivity index (χ4v) is 3.30. The molecule has 2 N–H and O–H groups in total. The number of aryl methyl sites for hydroxylation is 1. The standard InChI is InChI=1S/C22H22N4O/c1-14(16-6-4-7-17(12-16)27-3)24-22-13-21(25-15(2)26-22)18-8-5-9-20-19(18)10-11-23-20/h4-14,23H,1-3H3,(H,24,25,26). The van der Waals surface area contributed by atoms with E-state index < -0.39 is 0 Å². The second kappa shape index (κ2) is 7.11. The lowest BCUT2D eigenvalue weighted by atomic mass is 10.1. The van der Waals surface area contributed by atoms with Gasteiger partial charge in [0.1, 0.15) is 17.4 Å². The smallest absolute Gasteiger partial charge is 0.130 e. The number of benzene rings is 2. The summed E-state index contributed by atoms with van der Waals surface area (Å²) in [5.41, 5.74) is 4.24. The minimum atomic E-state index is 0.0882. The molecule has 2 aromatic carbocycles. The van der Waals surface area contributed by atoms with Crippen LogP contribution in [0.1, 0.15) is 24.4 Å². The van der Waals surface area contributed by atoms with Gasteiger partial charge in [-0.15, -0.1) is 0 Å². The van der Waals surface area contributed by atoms with Gasteiger partial charge >= 0.3 is 0 Å². The summed E-state index contributed by atoms with van der Waals surface area (Å²) in [7, 11) is 1.68. The Hall–Kier alpha value is -3.34. The first-order valence-corrected chi connectivity index (χ1v) is 8.96. The third-order valence-corrected chi connectivity index (χ3v) is 4.67. The van der Waals surface area contributed by atoms with Crippen LogP contribution in [0.5, 0.6) is 5.75 Å². The Balaban J connectivity index is 1.67. The van der Waals surface area contributed by atoms with E-state index in [2.05, 4.69) is 51.5 Å². The monoisotopic (exact) mass is 358 g/mol. The molecule has 4 aromatic rings. The van der Waals surface area contributed by atoms with E-state index in [1.807, 2.05) is 43.5 Å². The summed E-state index contributed by atoms with van der Waals surface area (Å²) in [4.78, 5) is 12.5. The highest BCUT2D eigenvalue weighted by atomic mass is 16.5. The predicted molar refractivity (Wildman–Crippen MR) is 109 cm³/mol. The zero-order valence-electron chi connectivity index (χ0n) is 15.7. The van der Waals surface area contributed by atoms with Crippen LogP contribution < -0.4 is 10.1 Å². The van der Waals surface area contributed by atoms with E-state index in [-0.39, 0.29) is 6.04 Å². The normalized spacial score (nSPS) is 12.1. The van der Waals surface area contributed by atoms with Crippen LogP contribution in [0.15, 0.2) is 60.8 Å². The zero-order valence-corrected chi connectivity index (χ0v) is 15.7. The van der Waals surface area contributed by atoms with E-state index >= 15 is 0 Å². The second-order valence-electron chi connectivity index (χ2n) is 6.57. The van der Waals surface area contributed by atoms with Crippen LogP contribution in [0.2, 0.25) is 0 Å². The Bertz CT molecular complexity index is 1090. The summed E-state index contributed by atoms with van der Waals surface area (Å²) < 4.78 is 5.33. The van der Waals surface area contributed by atoms with Crippen LogP contribution in [0.3, 0.4) is 0 Å². The molecule has 5 heteroatoms. The lowest BCUT2D eigenvalue weighted by molar-refractivity contribution is 0.414. The predicted octanol–water partition coefficient (Wildman–Crippen LogP) is 5.12. The molecule has 0 bridgehead atoms. The van der Waals surface area contributed by atoms with Crippen molar-refractivity contribution in [2.75, 3.05) is 12.4 Å². The molecule has 27 heavy (non-hydrogen) atoms. The number of aromatic nitrogens is 3. The molecule has 0 amide bonds. The molecule has 5 nitrogen and oxygen atoms in total. The minimum absolute atomic E-state index is 0.0882. The van der Waals surface area contributed by atoms with Crippen molar-refractivity contribution >= 4 is 16.7 Å². The molecule has 0 saturated carbocycles. The molecule has 1 atom stereocenters. The number of hydrogen-bond acceptors (Lipinski definition) is 4. The Kier molecular flexibility index (Phi) is 4.50. The second-order valence-corrected chi connectivity index (χ2v) is 6.57. The maximum Gasteiger partial charge on any atom is 0.130 e. The molecule has 0 aliphatic rings. The molecule has 1 unspecified atom stereocenters. The van der Waals surface area contributed by atoms with Crippen molar-refractivity contribution in [3.05, 3.63) is 72.2 Å². The molecular formula is C22H22N4O. The van der Waals surface area contributed by atoms with Crippen molar-refractivity contribution in [1.82, 2.24) is 15.0 Å². The number of nitrogens with one attached hydrogen (secondary N) is 2. The average Bonchev–Trinajstić information content (AvgIpc) is 3.16. The van der Waals surface area contributed by atoms with Gasteiger partial charge in [-0.25, -0.2) is 9.97 Å². The van der Waals surface area contributed by atoms with Gasteiger partial charge in [-0.05, 0) is 43.7 Å². The summed E-state index contributed by atoms with van der Waals surface area (Å²) in [6.45, 7) is 4.03. The minimum Gasteiger partial charge on any atom is -0.497 e. The van der Waals surface area contributed by atoms with E-state index in [9.17, 15) is 0 Å². The first-order chi connectivity index (χ1) is 13.1. The summed E-state index contributed by atoms with van der Waals surface area (Å²) in [5, 5.41) is 4.64. The van der Waals surface area contributed by atoms with Crippen molar-refractivity contribution in [3.63, 3.8) is 0 Å². The van der Waals surface area contributed by atoms with Crippen molar-refractivity contribution in [3.8, 4) is 17.0 Å². The van der Waals surface area contributed by atoms with Crippen molar-refractivity contribution in [2.24, 2.45) is 0 Å². The first-order valence-electron chi connectivity index (χ1n) is 8.96. The van der Waals surface area contributed by atoms with Crippen molar-refractivity contribution in [2.45, 2.75) is 19.9 Å². The number of nitrogens with zero attached hydrogens (tertiary/aromatic N) is 2. The first kappa shape index (κ1) is 17.1. The van der Waals surface area contributed by atoms with Gasteiger partial charge in [-0.1, -0.05) is 24.3 Å². The SMILES string of the molecule is COc1cccc(C(C)Nc2cc(-c3cccc4[nH]ccc34)nc(C)n2)c1. The molecule has 0 aliphatic heterocycles. The molecule has 4 rings (SSSR count). The summed E-state index contributed by atoms with van der Waals surface area (Å²) in [6, 6.07) is 18.4. The van der Waals surface area contributed by atoms with Gasteiger partial charge in [-0.2, -0.15) is 0 Å². The van der Waals surface area contributed by atoms with E-state index in [1.165, 1.54) is 0 Å². The number of methoxy groups -OCH3 is 1. The van der Waals surface area contributed by atoms with E-state index in [1.54, 1.807) is 7.11 Å². The Morgan fingerprint density at radius 1 is 1.04 bits per heavy atom. The summed E-state index contributed by atoms with van der Waals surface area (Å²) >= 11 is 0. The van der Waals surface area contributed by atoms with E-state index in [0.29, 0.717) is 0 Å². The lowest BCUT2D eigenvalue weighted by Gasteiger charge is -2.17. The highest BCUT2D eigenvalue weighted by molar-refractivity contribution is 5.94. The van der Waals surface area contributed by atoms with E-state index in [0.717, 1.165) is 45.1 Å². The van der Waals surface area contributed by atoms with Crippen LogP contribution >= 0.6 is 0 Å². The van der Waals surface area contributed by atoms with Gasteiger partial charge < -0.3 is 15.0 Å². The molecule has 0 saturated heterocycles. The van der Waals surface area contributed by atoms with Gasteiger partial charge in [0.15, 0.2) is 0 Å². The van der Waals surface area contributed by atoms with Crippen LogP contribution in [0.4, 0.5) is 5.82 Å². The average molecular weight is 358 g/mol. The van der Waals surface area contributed by atoms with Crippen LogP contribution in [0, 0.1) is 6.92 Å². The van der Waals surface area contributed by atoms with Gasteiger partial charge in [0, 0.05) is 28.7 Å². The third kappa shape index (κ3) is 3.49. The molecule has 0 radical (unpaired) electrons. The van der Waals surface area contributed by atoms with Gasteiger partial charge in [0.2, 0.25) is 0 Å². The number of fused-ring (bicyclic) bond motifs is 1. The molecule has 0 fully saturated rings. The van der Waals surface area contributed by atoms with Crippen LogP contribution in [-0.2, 0) is 0 Å². The highest BCUT2D eigenvalue weighted by Crippen LogP contribution is 2.29. The Morgan fingerprint density at radius 2 is 1.89 bits per heavy atom. The maximum absolute atomic E-state index is 5.33. The molecule has 0 spiro atoms. The Morgan fingerprint density at radius 3 is 2.74 bits per heavy atom. The van der Waals surface area contributed by atoms with E-state index in [4.69, 9.17) is 4.74 Å². The number of H-pyrrole nitrogens is 1. The summed E-state index contributed by atoms with van der Waals surface area (Å²) in [5.74, 6) is 2.39. The highest BCUT2D eigenvalue weighted by Gasteiger charge is 2.12. The number of ether oxygens (including phenoxy) is 1. The van der Waals surface area contributed by atoms with Crippen LogP contribution in [0.25, 0.3) is 22.2 Å². The topological polar surface area (TPSA) is 62.8 Å². The quantitative estimate of drug-likeness (QED) is 0.520. The van der Waals surface area contributed by atoms with Gasteiger partial charge in [-0.3, -0.25) is 0 Å². The lowest BCUT2D eigenvalue weighted by Crippen LogP contribution is -2.09. The van der Waals surface area contributed by atoms with Gasteiger partial charge in [0.25, 0.3) is 0 Å². The fraction of sp³-hybridized carbons (Fsp3) is 0.182. The number of aromatic amines is 1. The van der Waals surface area contributed by atoms with Gasteiger partial charge in [0.05, 0.1) is 18.8 Å². The van der Waals surface area contributed by atoms with Crippen LogP contribution in [-0.4, -0.2) is 22.1 Å². The molecule has 2 aromatic heterocycles. The van der Waals surface area contributed by atoms with Crippen molar-refractivity contribution in [1.29, 1.82) is 0 Å².